The molecule has 0 fully saturated rings. The van der Waals surface area contributed by atoms with Crippen LogP contribution in [-0.2, 0) is 18.4 Å². The van der Waals surface area contributed by atoms with Gasteiger partial charge in [0.1, 0.15) is 12.4 Å². The number of amides is 1. The van der Waals surface area contributed by atoms with Crippen LogP contribution in [0.1, 0.15) is 5.82 Å². The first-order chi connectivity index (χ1) is 13.8. The van der Waals surface area contributed by atoms with Gasteiger partial charge in [0.05, 0.1) is 26.5 Å². The minimum atomic E-state index is -0.245. The fourth-order valence-electron chi connectivity index (χ4n) is 2.24. The monoisotopic (exact) mass is 490 g/mol. The summed E-state index contributed by atoms with van der Waals surface area (Å²) >= 11 is 25.3. The van der Waals surface area contributed by atoms with E-state index in [0.717, 1.165) is 0 Å². The number of hydrogen-bond donors (Lipinski definition) is 1. The maximum absolute atomic E-state index is 12.2. The van der Waals surface area contributed by atoms with E-state index in [-0.39, 0.29) is 18.3 Å². The van der Waals surface area contributed by atoms with Crippen molar-refractivity contribution in [3.63, 3.8) is 0 Å². The standard InChI is InChI=1S/C18H14Cl4N4O2S/c1-26-15(8-28-14-7-10(19)5-6-11(14)20)24-25-18(26)29-9-16(27)23-13-4-2-3-12(21)17(13)22/h2-7H,8-9H2,1H3,(H,23,27). The van der Waals surface area contributed by atoms with Crippen LogP contribution in [0.3, 0.4) is 0 Å². The minimum absolute atomic E-state index is 0.121. The molecule has 0 bridgehead atoms. The Morgan fingerprint density at radius 2 is 1.93 bits per heavy atom. The number of anilines is 1. The predicted octanol–water partition coefficient (Wildman–Crippen LogP) is 5.74. The summed E-state index contributed by atoms with van der Waals surface area (Å²) in [6.45, 7) is 0.147. The van der Waals surface area contributed by atoms with Crippen LogP contribution in [0.15, 0.2) is 41.6 Å². The van der Waals surface area contributed by atoms with Crippen molar-refractivity contribution in [3.05, 3.63) is 62.3 Å². The van der Waals surface area contributed by atoms with E-state index < -0.39 is 0 Å². The lowest BCUT2D eigenvalue weighted by Gasteiger charge is -2.09. The van der Waals surface area contributed by atoms with Gasteiger partial charge in [0.25, 0.3) is 0 Å². The number of carbonyl (C=O) groups excluding carboxylic acids is 1. The number of halogens is 4. The van der Waals surface area contributed by atoms with Crippen LogP contribution >= 0.6 is 58.2 Å². The molecule has 1 N–H and O–H groups in total. The normalized spacial score (nSPS) is 10.8. The first-order valence-electron chi connectivity index (χ1n) is 8.18. The van der Waals surface area contributed by atoms with E-state index in [4.69, 9.17) is 51.1 Å². The Bertz CT molecular complexity index is 1040. The number of nitrogens with one attached hydrogen (secondary N) is 1. The van der Waals surface area contributed by atoms with Gasteiger partial charge in [-0.3, -0.25) is 4.79 Å². The highest BCUT2D eigenvalue weighted by Gasteiger charge is 2.14. The van der Waals surface area contributed by atoms with Gasteiger partial charge < -0.3 is 14.6 Å². The molecule has 0 aliphatic carbocycles. The van der Waals surface area contributed by atoms with Crippen molar-refractivity contribution in [2.24, 2.45) is 7.05 Å². The van der Waals surface area contributed by atoms with Crippen molar-refractivity contribution >= 4 is 69.8 Å². The summed E-state index contributed by atoms with van der Waals surface area (Å²) in [5, 5.41) is 13.1. The third-order valence-electron chi connectivity index (χ3n) is 3.73. The fourth-order valence-corrected chi connectivity index (χ4v) is 3.66. The van der Waals surface area contributed by atoms with Crippen LogP contribution in [0, 0.1) is 0 Å². The highest BCUT2D eigenvalue weighted by molar-refractivity contribution is 7.99. The molecule has 29 heavy (non-hydrogen) atoms. The topological polar surface area (TPSA) is 69.0 Å². The molecule has 0 radical (unpaired) electrons. The number of aromatic nitrogens is 3. The van der Waals surface area contributed by atoms with Gasteiger partial charge in [-0.25, -0.2) is 0 Å². The van der Waals surface area contributed by atoms with Crippen molar-refractivity contribution in [2.75, 3.05) is 11.1 Å². The number of hydrogen-bond acceptors (Lipinski definition) is 5. The van der Waals surface area contributed by atoms with Crippen LogP contribution in [0.4, 0.5) is 5.69 Å². The maximum Gasteiger partial charge on any atom is 0.234 e. The second kappa shape index (κ2) is 9.91. The molecule has 2 aromatic carbocycles. The van der Waals surface area contributed by atoms with Gasteiger partial charge in [0.2, 0.25) is 5.91 Å². The van der Waals surface area contributed by atoms with E-state index in [9.17, 15) is 4.79 Å². The van der Waals surface area contributed by atoms with E-state index in [2.05, 4.69) is 15.5 Å². The molecule has 0 unspecified atom stereocenters. The molecule has 0 saturated heterocycles. The number of benzene rings is 2. The predicted molar refractivity (Wildman–Crippen MR) is 118 cm³/mol. The van der Waals surface area contributed by atoms with Crippen LogP contribution < -0.4 is 10.1 Å². The van der Waals surface area contributed by atoms with Gasteiger partial charge in [0.15, 0.2) is 11.0 Å². The second-order valence-corrected chi connectivity index (χ2v) is 8.33. The number of rotatable bonds is 7. The van der Waals surface area contributed by atoms with E-state index in [1.165, 1.54) is 11.8 Å². The Kier molecular flexibility index (Phi) is 7.54. The zero-order chi connectivity index (χ0) is 21.0. The third kappa shape index (κ3) is 5.71. The van der Waals surface area contributed by atoms with Gasteiger partial charge in [0, 0.05) is 18.1 Å². The van der Waals surface area contributed by atoms with E-state index in [1.807, 2.05) is 0 Å². The van der Waals surface area contributed by atoms with Gasteiger partial charge in [-0.2, -0.15) is 0 Å². The van der Waals surface area contributed by atoms with E-state index in [1.54, 1.807) is 48.0 Å². The summed E-state index contributed by atoms with van der Waals surface area (Å²) in [5.41, 5.74) is 0.454. The van der Waals surface area contributed by atoms with E-state index >= 15 is 0 Å². The Morgan fingerprint density at radius 1 is 1.14 bits per heavy atom. The zero-order valence-corrected chi connectivity index (χ0v) is 18.8. The number of carbonyl (C=O) groups is 1. The number of thioether (sulfide) groups is 1. The lowest BCUT2D eigenvalue weighted by molar-refractivity contribution is -0.113. The average molecular weight is 492 g/mol. The van der Waals surface area contributed by atoms with Gasteiger partial charge in [-0.1, -0.05) is 64.2 Å². The molecular formula is C18H14Cl4N4O2S. The van der Waals surface area contributed by atoms with Crippen molar-refractivity contribution in [3.8, 4) is 5.75 Å². The summed E-state index contributed by atoms with van der Waals surface area (Å²) in [6.07, 6.45) is 0. The summed E-state index contributed by atoms with van der Waals surface area (Å²) < 4.78 is 7.41. The van der Waals surface area contributed by atoms with Gasteiger partial charge in [-0.05, 0) is 24.3 Å². The molecule has 152 valence electrons. The van der Waals surface area contributed by atoms with Crippen molar-refractivity contribution in [1.29, 1.82) is 0 Å². The Hall–Kier alpha value is -1.64. The quantitative estimate of drug-likeness (QED) is 0.427. The van der Waals surface area contributed by atoms with E-state index in [0.29, 0.717) is 42.5 Å². The molecule has 11 heteroatoms. The van der Waals surface area contributed by atoms with Crippen molar-refractivity contribution in [2.45, 2.75) is 11.8 Å². The lowest BCUT2D eigenvalue weighted by Crippen LogP contribution is -2.15. The van der Waals surface area contributed by atoms with Crippen LogP contribution in [0.25, 0.3) is 0 Å². The zero-order valence-electron chi connectivity index (χ0n) is 15.0. The average Bonchev–Trinajstić information content (AvgIpc) is 3.04. The molecule has 6 nitrogen and oxygen atoms in total. The number of nitrogens with zero attached hydrogens (tertiary/aromatic N) is 3. The molecule has 0 atom stereocenters. The van der Waals surface area contributed by atoms with Crippen LogP contribution in [-0.4, -0.2) is 26.4 Å². The SMILES string of the molecule is Cn1c(COc2cc(Cl)ccc2Cl)nnc1SCC(=O)Nc1cccc(Cl)c1Cl. The highest BCUT2D eigenvalue weighted by atomic mass is 35.5. The Balaban J connectivity index is 1.57. The largest absolute Gasteiger partial charge is 0.484 e. The summed E-state index contributed by atoms with van der Waals surface area (Å²) in [4.78, 5) is 12.2. The molecule has 0 saturated carbocycles. The van der Waals surface area contributed by atoms with Crippen molar-refractivity contribution < 1.29 is 9.53 Å². The highest BCUT2D eigenvalue weighted by Crippen LogP contribution is 2.30. The molecule has 0 spiro atoms. The second-order valence-electron chi connectivity index (χ2n) is 5.76. The lowest BCUT2D eigenvalue weighted by atomic mass is 10.3. The molecular weight excluding hydrogens is 478 g/mol. The smallest absolute Gasteiger partial charge is 0.234 e. The maximum atomic E-state index is 12.2. The Morgan fingerprint density at radius 3 is 2.72 bits per heavy atom. The molecule has 0 aliphatic heterocycles. The minimum Gasteiger partial charge on any atom is -0.484 e. The number of ether oxygens (including phenoxy) is 1. The first-order valence-corrected chi connectivity index (χ1v) is 10.7. The molecule has 1 amide bonds. The summed E-state index contributed by atoms with van der Waals surface area (Å²) in [6, 6.07) is 9.99. The third-order valence-corrected chi connectivity index (χ3v) is 6.12. The first kappa shape index (κ1) is 22.1. The molecule has 1 heterocycles. The summed E-state index contributed by atoms with van der Waals surface area (Å²) in [7, 11) is 1.78. The van der Waals surface area contributed by atoms with Crippen molar-refractivity contribution in [1.82, 2.24) is 14.8 Å². The Labute approximate surface area is 191 Å². The van der Waals surface area contributed by atoms with Crippen LogP contribution in [0.5, 0.6) is 5.75 Å². The molecule has 3 aromatic rings. The van der Waals surface area contributed by atoms with Crippen LogP contribution in [0.2, 0.25) is 20.1 Å². The fraction of sp³-hybridized carbons (Fsp3) is 0.167. The molecule has 0 aliphatic rings. The molecule has 1 aromatic heterocycles. The van der Waals surface area contributed by atoms with Gasteiger partial charge in [-0.15, -0.1) is 10.2 Å². The summed E-state index contributed by atoms with van der Waals surface area (Å²) in [5.74, 6) is 0.900. The molecule has 3 rings (SSSR count). The van der Waals surface area contributed by atoms with Gasteiger partial charge >= 0.3 is 0 Å².